The van der Waals surface area contributed by atoms with Gasteiger partial charge in [-0.3, -0.25) is 14.8 Å². The largest absolute Gasteiger partial charge is 0.343 e. The van der Waals surface area contributed by atoms with E-state index in [1.54, 1.807) is 0 Å². The topological polar surface area (TPSA) is 104 Å². The minimum atomic E-state index is -0.858. The van der Waals surface area contributed by atoms with Crippen molar-refractivity contribution in [3.05, 3.63) is 0 Å². The summed E-state index contributed by atoms with van der Waals surface area (Å²) >= 11 is 0. The van der Waals surface area contributed by atoms with Gasteiger partial charge in [-0.1, -0.05) is 32.6 Å². The summed E-state index contributed by atoms with van der Waals surface area (Å²) < 4.78 is 0. The first kappa shape index (κ1) is 15.9. The van der Waals surface area contributed by atoms with Gasteiger partial charge in [0.1, 0.15) is 6.04 Å². The predicted octanol–water partition coefficient (Wildman–Crippen LogP) is 0.296. The van der Waals surface area contributed by atoms with Gasteiger partial charge in [0.15, 0.2) is 0 Å². The van der Waals surface area contributed by atoms with Gasteiger partial charge in [-0.25, -0.2) is 5.48 Å². The van der Waals surface area contributed by atoms with Gasteiger partial charge in [0.2, 0.25) is 5.91 Å². The molecule has 5 N–H and O–H groups in total. The quantitative estimate of drug-likeness (QED) is 0.266. The Kier molecular flexibility index (Phi) is 9.37. The van der Waals surface area contributed by atoms with E-state index in [0.29, 0.717) is 6.42 Å². The Balaban J connectivity index is 3.72. The highest BCUT2D eigenvalue weighted by Crippen LogP contribution is 2.04. The van der Waals surface area contributed by atoms with E-state index in [0.717, 1.165) is 25.7 Å². The molecule has 0 aromatic carbocycles. The van der Waals surface area contributed by atoms with Crippen molar-refractivity contribution in [3.8, 4) is 0 Å². The summed E-state index contributed by atoms with van der Waals surface area (Å²) in [7, 11) is 0. The van der Waals surface area contributed by atoms with Crippen LogP contribution in [0.2, 0.25) is 0 Å². The number of hydrogen-bond acceptors (Lipinski definition) is 4. The monoisotopic (exact) mass is 245 g/mol. The first-order valence-corrected chi connectivity index (χ1v) is 6.09. The van der Waals surface area contributed by atoms with Gasteiger partial charge in [0.25, 0.3) is 5.91 Å². The molecule has 0 aromatic heterocycles. The van der Waals surface area contributed by atoms with Crippen molar-refractivity contribution >= 4 is 11.8 Å². The lowest BCUT2D eigenvalue weighted by Crippen LogP contribution is -2.50. The van der Waals surface area contributed by atoms with Gasteiger partial charge >= 0.3 is 0 Å². The van der Waals surface area contributed by atoms with Crippen molar-refractivity contribution in [3.63, 3.8) is 0 Å². The van der Waals surface area contributed by atoms with Crippen molar-refractivity contribution in [1.29, 1.82) is 0 Å². The van der Waals surface area contributed by atoms with E-state index in [-0.39, 0.29) is 12.5 Å². The number of unbranched alkanes of at least 4 members (excludes halogenated alkanes) is 4. The second-order valence-electron chi connectivity index (χ2n) is 4.00. The smallest absolute Gasteiger partial charge is 0.267 e. The lowest BCUT2D eigenvalue weighted by atomic mass is 10.1. The average Bonchev–Trinajstić information content (AvgIpc) is 2.34. The molecule has 0 aliphatic carbocycles. The maximum Gasteiger partial charge on any atom is 0.267 e. The third kappa shape index (κ3) is 7.70. The molecule has 6 heteroatoms. The summed E-state index contributed by atoms with van der Waals surface area (Å²) in [6, 6.07) is -0.858. The van der Waals surface area contributed by atoms with Crippen molar-refractivity contribution < 1.29 is 14.8 Å². The third-order valence-electron chi connectivity index (χ3n) is 2.50. The highest BCUT2D eigenvalue weighted by molar-refractivity contribution is 5.87. The normalized spacial score (nSPS) is 11.9. The van der Waals surface area contributed by atoms with Crippen LogP contribution in [0, 0.1) is 0 Å². The molecule has 0 saturated carbocycles. The van der Waals surface area contributed by atoms with Gasteiger partial charge in [-0.15, -0.1) is 0 Å². The van der Waals surface area contributed by atoms with Crippen LogP contribution in [0.25, 0.3) is 0 Å². The summed E-state index contributed by atoms with van der Waals surface area (Å²) in [5.41, 5.74) is 6.78. The molecule has 0 bridgehead atoms. The minimum Gasteiger partial charge on any atom is -0.343 e. The molecule has 0 aliphatic rings. The van der Waals surface area contributed by atoms with Crippen LogP contribution in [-0.2, 0) is 9.59 Å². The SMILES string of the molecule is CCCCCCCC(=O)N[C@H](CN)C(=O)NO. The third-order valence-corrected chi connectivity index (χ3v) is 2.50. The van der Waals surface area contributed by atoms with E-state index in [1.807, 2.05) is 0 Å². The molecule has 100 valence electrons. The summed E-state index contributed by atoms with van der Waals surface area (Å²) in [4.78, 5) is 22.5. The lowest BCUT2D eigenvalue weighted by molar-refractivity contribution is -0.134. The van der Waals surface area contributed by atoms with Crippen LogP contribution in [0.5, 0.6) is 0 Å². The second kappa shape index (κ2) is 10.0. The van der Waals surface area contributed by atoms with Crippen LogP contribution in [0.1, 0.15) is 45.4 Å². The van der Waals surface area contributed by atoms with Gasteiger partial charge in [-0.05, 0) is 6.42 Å². The van der Waals surface area contributed by atoms with Crippen LogP contribution >= 0.6 is 0 Å². The summed E-state index contributed by atoms with van der Waals surface area (Å²) in [6.45, 7) is 2.10. The van der Waals surface area contributed by atoms with E-state index >= 15 is 0 Å². The zero-order valence-electron chi connectivity index (χ0n) is 10.4. The van der Waals surface area contributed by atoms with Crippen molar-refractivity contribution in [2.24, 2.45) is 5.73 Å². The maximum atomic E-state index is 11.4. The standard InChI is InChI=1S/C11H23N3O3/c1-2-3-4-5-6-7-10(15)13-9(8-12)11(16)14-17/h9,17H,2-8,12H2,1H3,(H,13,15)(H,14,16)/t9-/m1/s1. The molecular formula is C11H23N3O3. The fourth-order valence-corrected chi connectivity index (χ4v) is 1.47. The number of nitrogens with two attached hydrogens (primary N) is 1. The Labute approximate surface area is 102 Å². The highest BCUT2D eigenvalue weighted by Gasteiger charge is 2.17. The van der Waals surface area contributed by atoms with Crippen molar-refractivity contribution in [1.82, 2.24) is 10.8 Å². The lowest BCUT2D eigenvalue weighted by Gasteiger charge is -2.14. The van der Waals surface area contributed by atoms with Gasteiger partial charge in [-0.2, -0.15) is 0 Å². The van der Waals surface area contributed by atoms with Gasteiger partial charge in [0, 0.05) is 13.0 Å². The molecule has 2 amide bonds. The molecule has 0 fully saturated rings. The van der Waals surface area contributed by atoms with Crippen LogP contribution in [-0.4, -0.2) is 29.6 Å². The number of carbonyl (C=O) groups is 2. The zero-order valence-corrected chi connectivity index (χ0v) is 10.4. The van der Waals surface area contributed by atoms with E-state index in [4.69, 9.17) is 10.9 Å². The molecule has 6 nitrogen and oxygen atoms in total. The molecule has 0 rings (SSSR count). The van der Waals surface area contributed by atoms with E-state index in [1.165, 1.54) is 11.9 Å². The van der Waals surface area contributed by atoms with Crippen LogP contribution in [0.3, 0.4) is 0 Å². The Morgan fingerprint density at radius 3 is 2.41 bits per heavy atom. The number of carbonyl (C=O) groups excluding carboxylic acids is 2. The first-order chi connectivity index (χ1) is 8.15. The Hall–Kier alpha value is -1.14. The zero-order chi connectivity index (χ0) is 13.1. The van der Waals surface area contributed by atoms with E-state index in [2.05, 4.69) is 12.2 Å². The first-order valence-electron chi connectivity index (χ1n) is 6.09. The fourth-order valence-electron chi connectivity index (χ4n) is 1.47. The highest BCUT2D eigenvalue weighted by atomic mass is 16.5. The molecule has 0 spiro atoms. The van der Waals surface area contributed by atoms with Crippen LogP contribution in [0.15, 0.2) is 0 Å². The number of nitrogens with one attached hydrogen (secondary N) is 2. The summed E-state index contributed by atoms with van der Waals surface area (Å²) in [6.07, 6.45) is 5.68. The molecule has 0 aliphatic heterocycles. The number of amides is 2. The minimum absolute atomic E-state index is 0.0338. The molecule has 1 atom stereocenters. The van der Waals surface area contributed by atoms with Gasteiger partial charge in [0.05, 0.1) is 0 Å². The molecule has 0 saturated heterocycles. The predicted molar refractivity (Wildman–Crippen MR) is 64.3 cm³/mol. The van der Waals surface area contributed by atoms with E-state index < -0.39 is 11.9 Å². The van der Waals surface area contributed by atoms with Crippen molar-refractivity contribution in [2.45, 2.75) is 51.5 Å². The Morgan fingerprint density at radius 1 is 1.24 bits per heavy atom. The number of hydrogen-bond donors (Lipinski definition) is 4. The summed E-state index contributed by atoms with van der Waals surface area (Å²) in [5.74, 6) is -0.896. The molecule has 0 heterocycles. The summed E-state index contributed by atoms with van der Waals surface area (Å²) in [5, 5.41) is 10.9. The number of hydroxylamine groups is 1. The van der Waals surface area contributed by atoms with Crippen LogP contribution in [0.4, 0.5) is 0 Å². The van der Waals surface area contributed by atoms with E-state index in [9.17, 15) is 9.59 Å². The fraction of sp³-hybridized carbons (Fsp3) is 0.818. The number of rotatable bonds is 9. The van der Waals surface area contributed by atoms with Gasteiger partial charge < -0.3 is 11.1 Å². The molecule has 17 heavy (non-hydrogen) atoms. The maximum absolute atomic E-state index is 11.4. The molecular weight excluding hydrogens is 222 g/mol. The Morgan fingerprint density at radius 2 is 1.88 bits per heavy atom. The molecule has 0 radical (unpaired) electrons. The molecule has 0 unspecified atom stereocenters. The second-order valence-corrected chi connectivity index (χ2v) is 4.00. The molecule has 0 aromatic rings. The van der Waals surface area contributed by atoms with Crippen LogP contribution < -0.4 is 16.5 Å². The Bertz CT molecular complexity index is 234. The van der Waals surface area contributed by atoms with Crippen molar-refractivity contribution in [2.75, 3.05) is 6.54 Å². The average molecular weight is 245 g/mol.